The minimum atomic E-state index is -0.890. The number of nitrogen functional groups attached to an aromatic ring is 1. The zero-order valence-electron chi connectivity index (χ0n) is 14.1. The summed E-state index contributed by atoms with van der Waals surface area (Å²) in [6.45, 7) is 3.53. The molecule has 0 aliphatic rings. The Morgan fingerprint density at radius 1 is 1.27 bits per heavy atom. The lowest BCUT2D eigenvalue weighted by molar-refractivity contribution is 0.234. The van der Waals surface area contributed by atoms with E-state index in [0.29, 0.717) is 26.5 Å². The number of nitrogens with zero attached hydrogens (tertiary/aromatic N) is 3. The van der Waals surface area contributed by atoms with E-state index < -0.39 is 17.2 Å². The molecule has 0 atom stereocenters. The molecule has 2 aromatic heterocycles. The van der Waals surface area contributed by atoms with E-state index in [1.165, 1.54) is 23.5 Å². The fourth-order valence-electron chi connectivity index (χ4n) is 2.13. The van der Waals surface area contributed by atoms with E-state index in [0.717, 1.165) is 17.8 Å². The van der Waals surface area contributed by atoms with Crippen molar-refractivity contribution in [3.8, 4) is 0 Å². The highest BCUT2D eigenvalue weighted by atomic mass is 32.2. The van der Waals surface area contributed by atoms with Crippen molar-refractivity contribution in [3.63, 3.8) is 0 Å². The number of nitrogens with one attached hydrogen (secondary N) is 1. The van der Waals surface area contributed by atoms with Crippen molar-refractivity contribution in [1.29, 1.82) is 0 Å². The van der Waals surface area contributed by atoms with Gasteiger partial charge >= 0.3 is 0 Å². The first kappa shape index (κ1) is 18.7. The Hall–Kier alpha value is -2.04. The predicted octanol–water partition coefficient (Wildman–Crippen LogP) is 3.42. The lowest BCUT2D eigenvalue weighted by atomic mass is 10.1. The molecule has 4 N–H and O–H groups in total. The summed E-state index contributed by atoms with van der Waals surface area (Å²) in [4.78, 5) is 12.9. The summed E-state index contributed by atoms with van der Waals surface area (Å²) in [6, 6.07) is 4.04. The van der Waals surface area contributed by atoms with Crippen molar-refractivity contribution in [2.24, 2.45) is 0 Å². The first-order valence-corrected chi connectivity index (χ1v) is 9.48. The number of aliphatic hydroxyl groups excluding tert-OH is 1. The number of rotatable bonds is 6. The maximum absolute atomic E-state index is 13.8. The predicted molar refractivity (Wildman–Crippen MR) is 100 cm³/mol. The smallest absolute Gasteiger partial charge is 0.191 e. The van der Waals surface area contributed by atoms with Crippen LogP contribution in [0.2, 0.25) is 0 Å². The molecule has 0 radical (unpaired) electrons. The average Bonchev–Trinajstić information content (AvgIpc) is 2.96. The summed E-state index contributed by atoms with van der Waals surface area (Å²) in [5.41, 5.74) is 5.80. The van der Waals surface area contributed by atoms with Gasteiger partial charge in [0, 0.05) is 11.3 Å². The van der Waals surface area contributed by atoms with Gasteiger partial charge in [-0.1, -0.05) is 35.2 Å². The summed E-state index contributed by atoms with van der Waals surface area (Å²) >= 11 is 2.40. The van der Waals surface area contributed by atoms with Crippen molar-refractivity contribution in [1.82, 2.24) is 15.0 Å². The second kappa shape index (κ2) is 7.29. The van der Waals surface area contributed by atoms with Crippen LogP contribution in [0.15, 0.2) is 23.4 Å². The third-order valence-corrected chi connectivity index (χ3v) is 5.27. The normalized spacial score (nSPS) is 11.9. The van der Waals surface area contributed by atoms with Crippen LogP contribution in [0.1, 0.15) is 19.4 Å². The van der Waals surface area contributed by atoms with Gasteiger partial charge < -0.3 is 16.2 Å². The molecule has 0 aliphatic heterocycles. The van der Waals surface area contributed by atoms with Crippen LogP contribution in [0, 0.1) is 11.6 Å². The SMILES string of the molecule is CC(C)(CO)Nc1nc(SCc2cccc(F)c2F)nc2nc(N)sc12. The molecular weight excluding hydrogens is 380 g/mol. The molecule has 0 fully saturated rings. The maximum atomic E-state index is 13.8. The minimum absolute atomic E-state index is 0.107. The van der Waals surface area contributed by atoms with Crippen LogP contribution in [0.25, 0.3) is 10.3 Å². The molecule has 10 heteroatoms. The Labute approximate surface area is 156 Å². The van der Waals surface area contributed by atoms with Crippen LogP contribution in [0.5, 0.6) is 0 Å². The van der Waals surface area contributed by atoms with E-state index in [1.54, 1.807) is 0 Å². The molecule has 0 aliphatic carbocycles. The van der Waals surface area contributed by atoms with Crippen LogP contribution in [0.4, 0.5) is 19.7 Å². The van der Waals surface area contributed by atoms with Crippen LogP contribution in [0.3, 0.4) is 0 Å². The van der Waals surface area contributed by atoms with E-state index in [1.807, 2.05) is 13.8 Å². The van der Waals surface area contributed by atoms with E-state index in [4.69, 9.17) is 5.73 Å². The Morgan fingerprint density at radius 2 is 2.04 bits per heavy atom. The van der Waals surface area contributed by atoms with Crippen molar-refractivity contribution < 1.29 is 13.9 Å². The van der Waals surface area contributed by atoms with Crippen molar-refractivity contribution in [3.05, 3.63) is 35.4 Å². The highest BCUT2D eigenvalue weighted by Crippen LogP contribution is 2.33. The number of thioether (sulfide) groups is 1. The number of anilines is 2. The fraction of sp³-hybridized carbons (Fsp3) is 0.312. The lowest BCUT2D eigenvalue weighted by Gasteiger charge is -2.24. The molecule has 0 saturated carbocycles. The summed E-state index contributed by atoms with van der Waals surface area (Å²) in [5, 5.41) is 13.3. The summed E-state index contributed by atoms with van der Waals surface area (Å²) in [5.74, 6) is -1.11. The van der Waals surface area contributed by atoms with Gasteiger partial charge in [0.05, 0.1) is 12.1 Å². The fourth-order valence-corrected chi connectivity index (χ4v) is 3.66. The van der Waals surface area contributed by atoms with Gasteiger partial charge in [-0.05, 0) is 19.9 Å². The number of halogens is 2. The van der Waals surface area contributed by atoms with Crippen molar-refractivity contribution >= 4 is 44.4 Å². The molecule has 26 heavy (non-hydrogen) atoms. The van der Waals surface area contributed by atoms with Gasteiger partial charge in [-0.25, -0.2) is 23.7 Å². The molecule has 0 bridgehead atoms. The summed E-state index contributed by atoms with van der Waals surface area (Å²) in [7, 11) is 0. The Morgan fingerprint density at radius 3 is 2.77 bits per heavy atom. The maximum Gasteiger partial charge on any atom is 0.191 e. The zero-order valence-corrected chi connectivity index (χ0v) is 15.7. The van der Waals surface area contributed by atoms with E-state index >= 15 is 0 Å². The Kier molecular flexibility index (Phi) is 5.26. The second-order valence-electron chi connectivity index (χ2n) is 6.23. The van der Waals surface area contributed by atoms with Crippen molar-refractivity contribution in [2.45, 2.75) is 30.3 Å². The molecule has 0 unspecified atom stereocenters. The Bertz CT molecular complexity index is 948. The van der Waals surface area contributed by atoms with E-state index in [-0.39, 0.29) is 17.9 Å². The van der Waals surface area contributed by atoms with Gasteiger partial charge in [0.25, 0.3) is 0 Å². The number of aliphatic hydroxyl groups is 1. The van der Waals surface area contributed by atoms with Gasteiger partial charge in [0.15, 0.2) is 33.4 Å². The summed E-state index contributed by atoms with van der Waals surface area (Å²) in [6.07, 6.45) is 0. The molecule has 3 rings (SSSR count). The molecule has 0 spiro atoms. The molecule has 0 saturated heterocycles. The molecule has 6 nitrogen and oxygen atoms in total. The van der Waals surface area contributed by atoms with E-state index in [9.17, 15) is 13.9 Å². The van der Waals surface area contributed by atoms with Crippen LogP contribution >= 0.6 is 23.1 Å². The number of thiazole rings is 1. The molecule has 1 aromatic carbocycles. The van der Waals surface area contributed by atoms with Gasteiger partial charge in [-0.3, -0.25) is 0 Å². The molecule has 138 valence electrons. The largest absolute Gasteiger partial charge is 0.394 e. The van der Waals surface area contributed by atoms with Gasteiger partial charge in [0.1, 0.15) is 4.70 Å². The third kappa shape index (κ3) is 4.02. The standard InChI is InChI=1S/C16H17F2N5OS2/c1-16(2,7-24)23-13-11-12(20-14(19)26-11)21-15(22-13)25-6-8-4-3-5-9(17)10(8)18/h3-5,24H,6-7H2,1-2H3,(H3,19,20,21,22,23). The van der Waals surface area contributed by atoms with Gasteiger partial charge in [0.2, 0.25) is 0 Å². The second-order valence-corrected chi connectivity index (χ2v) is 8.20. The molecule has 0 amide bonds. The first-order valence-electron chi connectivity index (χ1n) is 7.68. The molecule has 3 aromatic rings. The monoisotopic (exact) mass is 397 g/mol. The minimum Gasteiger partial charge on any atom is -0.394 e. The Balaban J connectivity index is 1.92. The molecular formula is C16H17F2N5OS2. The van der Waals surface area contributed by atoms with Crippen LogP contribution in [-0.4, -0.2) is 32.2 Å². The van der Waals surface area contributed by atoms with Crippen LogP contribution < -0.4 is 11.1 Å². The first-order chi connectivity index (χ1) is 12.3. The highest BCUT2D eigenvalue weighted by molar-refractivity contribution is 7.98. The lowest BCUT2D eigenvalue weighted by Crippen LogP contribution is -2.35. The van der Waals surface area contributed by atoms with E-state index in [2.05, 4.69) is 20.3 Å². The third-order valence-electron chi connectivity index (χ3n) is 3.49. The quantitative estimate of drug-likeness (QED) is 0.433. The number of nitrogens with two attached hydrogens (primary N) is 1. The number of hydrogen-bond acceptors (Lipinski definition) is 8. The summed E-state index contributed by atoms with van der Waals surface area (Å²) < 4.78 is 27.8. The molecule has 2 heterocycles. The topological polar surface area (TPSA) is 97.0 Å². The van der Waals surface area contributed by atoms with Gasteiger partial charge in [-0.15, -0.1) is 0 Å². The van der Waals surface area contributed by atoms with Crippen molar-refractivity contribution in [2.75, 3.05) is 17.7 Å². The van der Waals surface area contributed by atoms with Crippen LogP contribution in [-0.2, 0) is 5.75 Å². The van der Waals surface area contributed by atoms with Gasteiger partial charge in [-0.2, -0.15) is 0 Å². The number of fused-ring (bicyclic) bond motifs is 1. The number of aromatic nitrogens is 3. The highest BCUT2D eigenvalue weighted by Gasteiger charge is 2.21. The number of benzene rings is 1. The zero-order chi connectivity index (χ0) is 18.9. The average molecular weight is 397 g/mol. The number of hydrogen-bond donors (Lipinski definition) is 3.